The maximum Gasteiger partial charge on any atom is 0.216 e. The minimum absolute atomic E-state index is 0.128. The molecule has 0 aliphatic carbocycles. The summed E-state index contributed by atoms with van der Waals surface area (Å²) in [5.74, 6) is -0.961. The van der Waals surface area contributed by atoms with Crippen LogP contribution < -0.4 is 5.32 Å². The van der Waals surface area contributed by atoms with Crippen molar-refractivity contribution >= 4 is 5.91 Å². The van der Waals surface area contributed by atoms with Crippen molar-refractivity contribution in [2.75, 3.05) is 33.0 Å². The van der Waals surface area contributed by atoms with Gasteiger partial charge in [0.2, 0.25) is 5.91 Å². The van der Waals surface area contributed by atoms with Gasteiger partial charge in [0, 0.05) is 39.0 Å². The van der Waals surface area contributed by atoms with E-state index in [4.69, 9.17) is 18.9 Å². The predicted octanol–water partition coefficient (Wildman–Crippen LogP) is -1.92. The van der Waals surface area contributed by atoms with Crippen LogP contribution in [0, 0.1) is 5.92 Å². The minimum Gasteiger partial charge on any atom is -0.394 e. The number of fused-ring (bicyclic) bond motifs is 5. The Kier molecular flexibility index (Phi) is 9.47. The van der Waals surface area contributed by atoms with E-state index < -0.39 is 73.6 Å². The number of hydrogen-bond acceptors (Lipinski definition) is 10. The molecule has 4 fully saturated rings. The lowest BCUT2D eigenvalue weighted by atomic mass is 9.75. The van der Waals surface area contributed by atoms with E-state index in [9.17, 15) is 30.3 Å². The maximum atomic E-state index is 11.1. The number of nitrogens with one attached hydrogen (secondary N) is 1. The van der Waals surface area contributed by atoms with Crippen LogP contribution in [0.4, 0.5) is 0 Å². The zero-order valence-corrected chi connectivity index (χ0v) is 19.3. The average Bonchev–Trinajstić information content (AvgIpc) is 2.90. The van der Waals surface area contributed by atoms with Gasteiger partial charge >= 0.3 is 0 Å². The lowest BCUT2D eigenvalue weighted by Gasteiger charge is -2.51. The molecule has 0 aromatic carbocycles. The molecule has 0 aromatic rings. The van der Waals surface area contributed by atoms with Gasteiger partial charge < -0.3 is 49.8 Å². The summed E-state index contributed by atoms with van der Waals surface area (Å²) in [5.41, 5.74) is -1.07. The zero-order valence-electron chi connectivity index (χ0n) is 19.3. The molecular formula is C22H39NO10. The van der Waals surface area contributed by atoms with Gasteiger partial charge in [-0.05, 0) is 26.2 Å². The number of aliphatic hydroxyl groups excluding tert-OH is 5. The smallest absolute Gasteiger partial charge is 0.216 e. The van der Waals surface area contributed by atoms with Crippen molar-refractivity contribution in [2.45, 2.75) is 94.0 Å². The van der Waals surface area contributed by atoms with Crippen molar-refractivity contribution in [3.8, 4) is 0 Å². The molecule has 1 amide bonds. The van der Waals surface area contributed by atoms with Crippen LogP contribution in [0.25, 0.3) is 0 Å². The molecule has 4 aliphatic rings. The molecule has 0 spiro atoms. The van der Waals surface area contributed by atoms with E-state index >= 15 is 0 Å². The fraction of sp³-hybridized carbons (Fsp3) is 0.955. The number of aliphatic hydroxyl groups is 5. The van der Waals surface area contributed by atoms with Gasteiger partial charge in [0.05, 0.1) is 43.2 Å². The van der Waals surface area contributed by atoms with Crippen LogP contribution >= 0.6 is 0 Å². The number of carbonyl (C=O) groups is 1. The molecule has 11 heteroatoms. The molecule has 0 radical (unpaired) electrons. The third-order valence-electron chi connectivity index (χ3n) is 7.04. The Morgan fingerprint density at radius 3 is 2.55 bits per heavy atom. The summed E-state index contributed by atoms with van der Waals surface area (Å²) in [6.07, 6.45) is -6.23. The zero-order chi connectivity index (χ0) is 24.2. The normalized spacial score (nSPS) is 44.0. The molecule has 10 atom stereocenters. The van der Waals surface area contributed by atoms with E-state index in [1.807, 2.05) is 0 Å². The van der Waals surface area contributed by atoms with Gasteiger partial charge in [-0.1, -0.05) is 0 Å². The highest BCUT2D eigenvalue weighted by molar-refractivity contribution is 5.72. The summed E-state index contributed by atoms with van der Waals surface area (Å²) in [6, 6.07) is 0. The van der Waals surface area contributed by atoms with Gasteiger partial charge in [-0.15, -0.1) is 0 Å². The highest BCUT2D eigenvalue weighted by Crippen LogP contribution is 2.41. The van der Waals surface area contributed by atoms with Gasteiger partial charge in [0.25, 0.3) is 0 Å². The SMILES string of the molecule is CC(=O)NCCCO[C@H]1CC2O[C@H](CO)[C@@H](OCCC[C@]3(C)OC(CO)[C@@H]2[C@H](O)[C@H]3O)[C@@H]1O. The summed E-state index contributed by atoms with van der Waals surface area (Å²) in [4.78, 5) is 11.1. The summed E-state index contributed by atoms with van der Waals surface area (Å²) in [6.45, 7) is 3.18. The Bertz CT molecular complexity index is 636. The van der Waals surface area contributed by atoms with E-state index in [-0.39, 0.29) is 25.5 Å². The number of hydrogen-bond donors (Lipinski definition) is 6. The molecule has 4 rings (SSSR count). The molecule has 4 bridgehead atoms. The van der Waals surface area contributed by atoms with Crippen molar-refractivity contribution < 1.29 is 49.3 Å². The van der Waals surface area contributed by atoms with Crippen molar-refractivity contribution in [2.24, 2.45) is 5.92 Å². The highest BCUT2D eigenvalue weighted by atomic mass is 16.6. The summed E-state index contributed by atoms with van der Waals surface area (Å²) in [5, 5.41) is 55.8. The first kappa shape index (κ1) is 26.7. The Morgan fingerprint density at radius 2 is 1.88 bits per heavy atom. The van der Waals surface area contributed by atoms with E-state index in [0.717, 1.165) is 0 Å². The van der Waals surface area contributed by atoms with Crippen LogP contribution in [0.5, 0.6) is 0 Å². The van der Waals surface area contributed by atoms with E-state index in [1.54, 1.807) is 6.92 Å². The molecule has 192 valence electrons. The molecule has 2 unspecified atom stereocenters. The monoisotopic (exact) mass is 477 g/mol. The van der Waals surface area contributed by atoms with Crippen LogP contribution in [0.1, 0.15) is 39.5 Å². The van der Waals surface area contributed by atoms with Crippen LogP contribution in [-0.2, 0) is 23.7 Å². The van der Waals surface area contributed by atoms with E-state index in [1.165, 1.54) is 6.92 Å². The highest BCUT2D eigenvalue weighted by Gasteiger charge is 2.55. The average molecular weight is 478 g/mol. The van der Waals surface area contributed by atoms with Crippen LogP contribution in [0.15, 0.2) is 0 Å². The van der Waals surface area contributed by atoms with Crippen molar-refractivity contribution in [1.29, 1.82) is 0 Å². The molecule has 6 N–H and O–H groups in total. The lowest BCUT2D eigenvalue weighted by Crippen LogP contribution is -2.64. The standard InChI is InChI=1S/C22H39NO10/c1-12(26)23-6-4-8-30-14-9-13-17-15(10-24)33-22(2,21(29)19(17)28)5-3-7-31-20(18(14)27)16(11-25)32-13/h13-21,24-25,27-29H,3-11H2,1-2H3,(H,23,26)/t13?,14-,15?,16+,17+,18+,19-,20+,21+,22-/m0/s1. The van der Waals surface area contributed by atoms with Gasteiger partial charge in [-0.3, -0.25) is 4.79 Å². The molecule has 0 aromatic heterocycles. The third-order valence-corrected chi connectivity index (χ3v) is 7.04. The molecule has 33 heavy (non-hydrogen) atoms. The minimum atomic E-state index is -1.25. The van der Waals surface area contributed by atoms with Gasteiger partial charge in [0.15, 0.2) is 0 Å². The number of carbonyl (C=O) groups excluding carboxylic acids is 1. The largest absolute Gasteiger partial charge is 0.394 e. The molecule has 11 nitrogen and oxygen atoms in total. The molecule has 4 saturated heterocycles. The first-order chi connectivity index (χ1) is 15.7. The number of rotatable bonds is 7. The number of amides is 1. The fourth-order valence-corrected chi connectivity index (χ4v) is 5.25. The Labute approximate surface area is 194 Å². The van der Waals surface area contributed by atoms with E-state index in [0.29, 0.717) is 25.8 Å². The van der Waals surface area contributed by atoms with Crippen LogP contribution in [0.3, 0.4) is 0 Å². The Balaban J connectivity index is 1.87. The second-order valence-electron chi connectivity index (χ2n) is 9.47. The van der Waals surface area contributed by atoms with Gasteiger partial charge in [-0.25, -0.2) is 0 Å². The Morgan fingerprint density at radius 1 is 1.15 bits per heavy atom. The van der Waals surface area contributed by atoms with Crippen LogP contribution in [0.2, 0.25) is 0 Å². The van der Waals surface area contributed by atoms with Gasteiger partial charge in [-0.2, -0.15) is 0 Å². The quantitative estimate of drug-likeness (QED) is 0.227. The second kappa shape index (κ2) is 11.7. The third kappa shape index (κ3) is 6.03. The molecule has 0 saturated carbocycles. The predicted molar refractivity (Wildman–Crippen MR) is 114 cm³/mol. The molecule has 4 aliphatic heterocycles. The lowest BCUT2D eigenvalue weighted by molar-refractivity contribution is -0.281. The summed E-state index contributed by atoms with van der Waals surface area (Å²) in [7, 11) is 0. The van der Waals surface area contributed by atoms with Crippen LogP contribution in [-0.4, -0.2) is 119 Å². The summed E-state index contributed by atoms with van der Waals surface area (Å²) < 4.78 is 24.1. The summed E-state index contributed by atoms with van der Waals surface area (Å²) >= 11 is 0. The van der Waals surface area contributed by atoms with Crippen molar-refractivity contribution in [3.63, 3.8) is 0 Å². The first-order valence-corrected chi connectivity index (χ1v) is 11.8. The topological polar surface area (TPSA) is 167 Å². The van der Waals surface area contributed by atoms with E-state index in [2.05, 4.69) is 5.32 Å². The Hall–Kier alpha value is -0.890. The maximum absolute atomic E-state index is 11.1. The molecule has 4 heterocycles. The first-order valence-electron chi connectivity index (χ1n) is 11.8. The van der Waals surface area contributed by atoms with Crippen molar-refractivity contribution in [1.82, 2.24) is 5.32 Å². The fourth-order valence-electron chi connectivity index (χ4n) is 5.25. The second-order valence-corrected chi connectivity index (χ2v) is 9.47. The van der Waals surface area contributed by atoms with Crippen molar-refractivity contribution in [3.05, 3.63) is 0 Å². The molecular weight excluding hydrogens is 438 g/mol. The van der Waals surface area contributed by atoms with Gasteiger partial charge in [0.1, 0.15) is 24.4 Å². The number of ether oxygens (including phenoxy) is 4.